The zero-order valence-corrected chi connectivity index (χ0v) is 10.6. The van der Waals surface area contributed by atoms with Crippen LogP contribution < -0.4 is 0 Å². The van der Waals surface area contributed by atoms with Gasteiger partial charge in [0.2, 0.25) is 0 Å². The minimum atomic E-state index is 0.618. The Kier molecular flexibility index (Phi) is 4.18. The van der Waals surface area contributed by atoms with Gasteiger partial charge in [0.05, 0.1) is 6.54 Å². The van der Waals surface area contributed by atoms with Gasteiger partial charge in [-0.3, -0.25) is 4.99 Å². The molecule has 0 radical (unpaired) electrons. The average molecular weight is 264 g/mol. The van der Waals surface area contributed by atoms with E-state index >= 15 is 0 Å². The van der Waals surface area contributed by atoms with Crippen LogP contribution in [0.25, 0.3) is 0 Å². The summed E-state index contributed by atoms with van der Waals surface area (Å²) in [6.07, 6.45) is 1.81. The zero-order valence-electron chi connectivity index (χ0n) is 9.11. The van der Waals surface area contributed by atoms with Crippen LogP contribution in [-0.4, -0.2) is 6.21 Å². The number of aliphatic imine (C=N–C) groups is 1. The number of halogens is 2. The van der Waals surface area contributed by atoms with E-state index in [1.807, 2.05) is 54.7 Å². The van der Waals surface area contributed by atoms with E-state index < -0.39 is 0 Å². The van der Waals surface area contributed by atoms with Crippen molar-refractivity contribution in [2.75, 3.05) is 0 Å². The molecule has 17 heavy (non-hydrogen) atoms. The van der Waals surface area contributed by atoms with Gasteiger partial charge in [-0.25, -0.2) is 0 Å². The summed E-state index contributed by atoms with van der Waals surface area (Å²) in [7, 11) is 0. The Labute approximate surface area is 111 Å². The van der Waals surface area contributed by atoms with Crippen molar-refractivity contribution in [1.82, 2.24) is 0 Å². The summed E-state index contributed by atoms with van der Waals surface area (Å²) in [6.45, 7) is 0.618. The van der Waals surface area contributed by atoms with Crippen molar-refractivity contribution in [2.45, 2.75) is 6.54 Å². The first-order valence-electron chi connectivity index (χ1n) is 5.24. The Morgan fingerprint density at radius 3 is 2.35 bits per heavy atom. The Balaban J connectivity index is 2.03. The highest BCUT2D eigenvalue weighted by Gasteiger charge is 1.92. The fraction of sp³-hybridized carbons (Fsp3) is 0.0714. The third kappa shape index (κ3) is 3.88. The Morgan fingerprint density at radius 1 is 0.941 bits per heavy atom. The first-order chi connectivity index (χ1) is 8.24. The maximum atomic E-state index is 5.89. The summed E-state index contributed by atoms with van der Waals surface area (Å²) in [6, 6.07) is 15.3. The molecule has 0 heterocycles. The number of benzene rings is 2. The second kappa shape index (κ2) is 5.85. The lowest BCUT2D eigenvalue weighted by Gasteiger charge is -1.97. The monoisotopic (exact) mass is 263 g/mol. The minimum Gasteiger partial charge on any atom is -0.288 e. The molecule has 0 spiro atoms. The first kappa shape index (κ1) is 12.2. The molecule has 2 aromatic carbocycles. The van der Waals surface area contributed by atoms with Gasteiger partial charge in [-0.05, 0) is 35.4 Å². The molecule has 0 N–H and O–H groups in total. The summed E-state index contributed by atoms with van der Waals surface area (Å²) in [5.41, 5.74) is 2.09. The Hall–Kier alpha value is -1.31. The lowest BCUT2D eigenvalue weighted by molar-refractivity contribution is 1.08. The lowest BCUT2D eigenvalue weighted by Crippen LogP contribution is -1.84. The van der Waals surface area contributed by atoms with E-state index in [4.69, 9.17) is 23.2 Å². The number of hydrogen-bond donors (Lipinski definition) is 0. The lowest BCUT2D eigenvalue weighted by atomic mass is 10.2. The quantitative estimate of drug-likeness (QED) is 0.718. The van der Waals surface area contributed by atoms with E-state index in [0.29, 0.717) is 6.54 Å². The molecular formula is C14H11Cl2N. The normalized spacial score (nSPS) is 10.9. The van der Waals surface area contributed by atoms with Crippen LogP contribution in [0.2, 0.25) is 10.0 Å². The van der Waals surface area contributed by atoms with E-state index in [9.17, 15) is 0 Å². The molecule has 0 aliphatic rings. The highest BCUT2D eigenvalue weighted by molar-refractivity contribution is 6.31. The maximum absolute atomic E-state index is 5.89. The third-order valence-electron chi connectivity index (χ3n) is 2.25. The van der Waals surface area contributed by atoms with Crippen LogP contribution in [0.4, 0.5) is 0 Å². The van der Waals surface area contributed by atoms with Gasteiger partial charge in [-0.2, -0.15) is 0 Å². The molecule has 86 valence electrons. The van der Waals surface area contributed by atoms with Crippen LogP contribution in [0.3, 0.4) is 0 Å². The molecule has 1 nitrogen and oxygen atoms in total. The fourth-order valence-electron chi connectivity index (χ4n) is 1.48. The van der Waals surface area contributed by atoms with Crippen molar-refractivity contribution < 1.29 is 0 Å². The summed E-state index contributed by atoms with van der Waals surface area (Å²) >= 11 is 11.8. The minimum absolute atomic E-state index is 0.618. The van der Waals surface area contributed by atoms with Crippen LogP contribution in [0, 0.1) is 0 Å². The van der Waals surface area contributed by atoms with E-state index in [0.717, 1.165) is 21.2 Å². The first-order valence-corrected chi connectivity index (χ1v) is 5.99. The Morgan fingerprint density at radius 2 is 1.65 bits per heavy atom. The molecule has 0 atom stereocenters. The highest BCUT2D eigenvalue weighted by Crippen LogP contribution is 2.12. The summed E-state index contributed by atoms with van der Waals surface area (Å²) < 4.78 is 0. The van der Waals surface area contributed by atoms with Gasteiger partial charge in [0.15, 0.2) is 0 Å². The van der Waals surface area contributed by atoms with Gasteiger partial charge >= 0.3 is 0 Å². The third-order valence-corrected chi connectivity index (χ3v) is 2.72. The number of hydrogen-bond acceptors (Lipinski definition) is 1. The molecule has 2 rings (SSSR count). The zero-order chi connectivity index (χ0) is 12.1. The largest absolute Gasteiger partial charge is 0.288 e. The molecule has 0 saturated carbocycles. The van der Waals surface area contributed by atoms with Crippen molar-refractivity contribution >= 4 is 29.4 Å². The predicted octanol–water partition coefficient (Wildman–Crippen LogP) is 4.61. The summed E-state index contributed by atoms with van der Waals surface area (Å²) in [5.74, 6) is 0. The predicted molar refractivity (Wildman–Crippen MR) is 74.2 cm³/mol. The molecule has 0 saturated heterocycles. The highest BCUT2D eigenvalue weighted by atomic mass is 35.5. The van der Waals surface area contributed by atoms with Crippen molar-refractivity contribution in [3.05, 3.63) is 69.7 Å². The Bertz CT molecular complexity index is 535. The van der Waals surface area contributed by atoms with E-state index in [2.05, 4.69) is 4.99 Å². The van der Waals surface area contributed by atoms with Crippen LogP contribution in [0.15, 0.2) is 53.5 Å². The van der Waals surface area contributed by atoms with Gasteiger partial charge in [0.25, 0.3) is 0 Å². The van der Waals surface area contributed by atoms with Crippen LogP contribution in [-0.2, 0) is 6.54 Å². The van der Waals surface area contributed by atoms with Crippen LogP contribution in [0.5, 0.6) is 0 Å². The van der Waals surface area contributed by atoms with E-state index in [1.54, 1.807) is 0 Å². The number of nitrogens with zero attached hydrogens (tertiary/aromatic N) is 1. The second-order valence-corrected chi connectivity index (χ2v) is 4.53. The van der Waals surface area contributed by atoms with Gasteiger partial charge in [-0.15, -0.1) is 0 Å². The van der Waals surface area contributed by atoms with Gasteiger partial charge < -0.3 is 0 Å². The van der Waals surface area contributed by atoms with Crippen molar-refractivity contribution in [1.29, 1.82) is 0 Å². The van der Waals surface area contributed by atoms with Crippen molar-refractivity contribution in [2.24, 2.45) is 4.99 Å². The molecule has 0 aromatic heterocycles. The molecular weight excluding hydrogens is 253 g/mol. The molecule has 0 bridgehead atoms. The smallest absolute Gasteiger partial charge is 0.0640 e. The molecule has 3 heteroatoms. The summed E-state index contributed by atoms with van der Waals surface area (Å²) in [4.78, 5) is 4.35. The van der Waals surface area contributed by atoms with Crippen LogP contribution in [0.1, 0.15) is 11.1 Å². The SMILES string of the molecule is Clc1cccc(C=NCc2cccc(Cl)c2)c1. The average Bonchev–Trinajstić information content (AvgIpc) is 2.29. The molecule has 0 unspecified atom stereocenters. The van der Waals surface area contributed by atoms with Crippen LogP contribution >= 0.6 is 23.2 Å². The van der Waals surface area contributed by atoms with Gasteiger partial charge in [-0.1, -0.05) is 47.5 Å². The van der Waals surface area contributed by atoms with Gasteiger partial charge in [0.1, 0.15) is 0 Å². The van der Waals surface area contributed by atoms with E-state index in [1.165, 1.54) is 0 Å². The number of rotatable bonds is 3. The topological polar surface area (TPSA) is 12.4 Å². The second-order valence-electron chi connectivity index (χ2n) is 3.65. The van der Waals surface area contributed by atoms with Crippen molar-refractivity contribution in [3.63, 3.8) is 0 Å². The molecule has 0 aliphatic carbocycles. The van der Waals surface area contributed by atoms with Gasteiger partial charge in [0, 0.05) is 16.3 Å². The maximum Gasteiger partial charge on any atom is 0.0640 e. The molecule has 0 aliphatic heterocycles. The fourth-order valence-corrected chi connectivity index (χ4v) is 1.89. The molecule has 0 amide bonds. The molecule has 2 aromatic rings. The standard InChI is InChI=1S/C14H11Cl2N/c15-13-5-1-3-11(7-13)9-17-10-12-4-2-6-14(16)8-12/h1-9H,10H2. The summed E-state index contributed by atoms with van der Waals surface area (Å²) in [5, 5.41) is 1.46. The van der Waals surface area contributed by atoms with Crippen molar-refractivity contribution in [3.8, 4) is 0 Å². The molecule has 0 fully saturated rings. The van der Waals surface area contributed by atoms with E-state index in [-0.39, 0.29) is 0 Å².